The van der Waals surface area contributed by atoms with Gasteiger partial charge in [-0.3, -0.25) is 4.89 Å². The summed E-state index contributed by atoms with van der Waals surface area (Å²) in [6.45, 7) is 4.31. The van der Waals surface area contributed by atoms with E-state index in [1.165, 1.54) is 6.92 Å². The van der Waals surface area contributed by atoms with E-state index in [2.05, 4.69) is 15.4 Å². The Balaban J connectivity index is 4.35. The molecule has 0 aromatic carbocycles. The predicted octanol–water partition coefficient (Wildman–Crippen LogP) is 0.746. The van der Waals surface area contributed by atoms with Gasteiger partial charge in [-0.1, -0.05) is 6.58 Å². The van der Waals surface area contributed by atoms with E-state index in [0.717, 1.165) is 0 Å². The van der Waals surface area contributed by atoms with E-state index in [9.17, 15) is 9.13 Å². The highest BCUT2D eigenvalue weighted by Crippen LogP contribution is 2.58. The largest absolute Gasteiger partial charge is 0.536 e. The molecule has 0 aliphatic rings. The van der Waals surface area contributed by atoms with Gasteiger partial charge in [-0.25, -0.2) is 9.13 Å². The summed E-state index contributed by atoms with van der Waals surface area (Å²) in [5.41, 5.74) is 0. The monoisotopic (exact) mass is 218 g/mol. The molecule has 0 fully saturated rings. The van der Waals surface area contributed by atoms with Gasteiger partial charge in [0.1, 0.15) is 0 Å². The summed E-state index contributed by atoms with van der Waals surface area (Å²) in [6, 6.07) is 0. The van der Waals surface area contributed by atoms with Crippen molar-refractivity contribution in [1.29, 1.82) is 0 Å². The Bertz CT molecular complexity index is 264. The third kappa shape index (κ3) is 6.54. The van der Waals surface area contributed by atoms with Gasteiger partial charge in [0.25, 0.3) is 0 Å². The Morgan fingerprint density at radius 2 is 1.75 bits per heavy atom. The second-order valence-corrected chi connectivity index (χ2v) is 4.59. The minimum absolute atomic E-state index is 0.186. The van der Waals surface area contributed by atoms with E-state index >= 15 is 0 Å². The molecule has 0 aromatic rings. The molecule has 0 aromatic heterocycles. The molecule has 0 amide bonds. The lowest BCUT2D eigenvalue weighted by molar-refractivity contribution is 0.209. The molecule has 0 aliphatic carbocycles. The van der Waals surface area contributed by atoms with Gasteiger partial charge < -0.3 is 14.3 Å². The first-order valence-electron chi connectivity index (χ1n) is 2.57. The number of hydrogen-bond donors (Lipinski definition) is 3. The van der Waals surface area contributed by atoms with Crippen LogP contribution >= 0.6 is 15.6 Å². The molecule has 3 N–H and O–H groups in total. The standard InChI is InChI=1S/C3H8O7P2/c1-3(2)9-12(7,8)10-11(4,5)6/h1H2,2H3,(H,7,8)(H2,4,5,6). The zero-order chi connectivity index (χ0) is 9.99. The molecule has 72 valence electrons. The summed E-state index contributed by atoms with van der Waals surface area (Å²) in [5, 5.41) is 0. The molecule has 0 heterocycles. The quantitative estimate of drug-likeness (QED) is 0.471. The summed E-state index contributed by atoms with van der Waals surface area (Å²) < 4.78 is 28.1. The maximum absolute atomic E-state index is 10.6. The van der Waals surface area contributed by atoms with E-state index in [1.54, 1.807) is 0 Å². The van der Waals surface area contributed by atoms with Crippen molar-refractivity contribution in [2.75, 3.05) is 0 Å². The van der Waals surface area contributed by atoms with Gasteiger partial charge in [0, 0.05) is 0 Å². The van der Waals surface area contributed by atoms with Crippen molar-refractivity contribution >= 4 is 15.6 Å². The zero-order valence-electron chi connectivity index (χ0n) is 6.08. The molecule has 0 radical (unpaired) electrons. The van der Waals surface area contributed by atoms with Crippen molar-refractivity contribution in [3.05, 3.63) is 12.3 Å². The van der Waals surface area contributed by atoms with Crippen LogP contribution in [0.5, 0.6) is 0 Å². The van der Waals surface area contributed by atoms with Crippen molar-refractivity contribution in [1.82, 2.24) is 0 Å². The fraction of sp³-hybridized carbons (Fsp3) is 0.333. The predicted molar refractivity (Wildman–Crippen MR) is 38.9 cm³/mol. The number of phosphoric acid groups is 2. The second-order valence-electron chi connectivity index (χ2n) is 1.83. The maximum atomic E-state index is 10.6. The van der Waals surface area contributed by atoms with Gasteiger partial charge in [0.05, 0.1) is 5.76 Å². The molecule has 0 saturated heterocycles. The lowest BCUT2D eigenvalue weighted by Gasteiger charge is -2.12. The topological polar surface area (TPSA) is 113 Å². The maximum Gasteiger partial charge on any atom is 0.536 e. The fourth-order valence-corrected chi connectivity index (χ4v) is 1.95. The van der Waals surface area contributed by atoms with Crippen LogP contribution in [0.15, 0.2) is 12.3 Å². The van der Waals surface area contributed by atoms with Crippen LogP contribution in [-0.4, -0.2) is 14.7 Å². The molecule has 9 heteroatoms. The van der Waals surface area contributed by atoms with Gasteiger partial charge >= 0.3 is 15.6 Å². The number of hydrogen-bond acceptors (Lipinski definition) is 4. The van der Waals surface area contributed by atoms with Crippen molar-refractivity contribution in [3.8, 4) is 0 Å². The van der Waals surface area contributed by atoms with Crippen LogP contribution in [0, 0.1) is 0 Å². The second kappa shape index (κ2) is 3.70. The molecule has 7 nitrogen and oxygen atoms in total. The lowest BCUT2D eigenvalue weighted by Crippen LogP contribution is -1.91. The highest BCUT2D eigenvalue weighted by molar-refractivity contribution is 7.60. The first kappa shape index (κ1) is 11.8. The average molecular weight is 218 g/mol. The summed E-state index contributed by atoms with van der Waals surface area (Å²) in [7, 11) is -9.76. The Morgan fingerprint density at radius 1 is 1.33 bits per heavy atom. The van der Waals surface area contributed by atoms with Crippen LogP contribution in [0.4, 0.5) is 0 Å². The van der Waals surface area contributed by atoms with E-state index in [-0.39, 0.29) is 5.76 Å². The van der Waals surface area contributed by atoms with Gasteiger partial charge in [-0.05, 0) is 6.92 Å². The minimum Gasteiger partial charge on any atom is -0.409 e. The number of allylic oxidation sites excluding steroid dienone is 1. The summed E-state index contributed by atoms with van der Waals surface area (Å²) in [6.07, 6.45) is 0. The van der Waals surface area contributed by atoms with Gasteiger partial charge in [0.2, 0.25) is 0 Å². The van der Waals surface area contributed by atoms with Gasteiger partial charge in [0.15, 0.2) is 0 Å². The van der Waals surface area contributed by atoms with Crippen LogP contribution in [-0.2, 0) is 18.0 Å². The van der Waals surface area contributed by atoms with Crippen LogP contribution in [0.25, 0.3) is 0 Å². The molecule has 1 unspecified atom stereocenters. The molecule has 0 bridgehead atoms. The van der Waals surface area contributed by atoms with E-state index < -0.39 is 15.6 Å². The molecular weight excluding hydrogens is 210 g/mol. The molecule has 0 spiro atoms. The van der Waals surface area contributed by atoms with E-state index in [0.29, 0.717) is 0 Å². The highest BCUT2D eigenvalue weighted by atomic mass is 31.3. The van der Waals surface area contributed by atoms with Crippen LogP contribution in [0.2, 0.25) is 0 Å². The number of phosphoric ester groups is 1. The van der Waals surface area contributed by atoms with Crippen molar-refractivity contribution in [2.45, 2.75) is 6.92 Å². The Kier molecular flexibility index (Phi) is 3.65. The van der Waals surface area contributed by atoms with Crippen molar-refractivity contribution < 1.29 is 32.6 Å². The fourth-order valence-electron chi connectivity index (χ4n) is 0.348. The Labute approximate surface area is 68.5 Å². The Hall–Kier alpha value is -0.160. The van der Waals surface area contributed by atoms with E-state index in [1.807, 2.05) is 0 Å². The SMILES string of the molecule is C=C(C)OP(=O)(O)OP(=O)(O)O. The van der Waals surface area contributed by atoms with Gasteiger partial charge in [-0.2, -0.15) is 4.31 Å². The molecule has 0 rings (SSSR count). The molecule has 12 heavy (non-hydrogen) atoms. The van der Waals surface area contributed by atoms with Gasteiger partial charge in [-0.15, -0.1) is 0 Å². The molecule has 0 aliphatic heterocycles. The van der Waals surface area contributed by atoms with Crippen molar-refractivity contribution in [2.24, 2.45) is 0 Å². The normalized spacial score (nSPS) is 16.7. The first-order chi connectivity index (χ1) is 5.12. The van der Waals surface area contributed by atoms with Crippen LogP contribution in [0.3, 0.4) is 0 Å². The lowest BCUT2D eigenvalue weighted by atomic mass is 10.7. The average Bonchev–Trinajstić information content (AvgIpc) is 1.48. The third-order valence-corrected chi connectivity index (χ3v) is 2.70. The Morgan fingerprint density at radius 3 is 2.00 bits per heavy atom. The number of rotatable bonds is 4. The smallest absolute Gasteiger partial charge is 0.409 e. The summed E-state index contributed by atoms with van der Waals surface area (Å²) in [4.78, 5) is 24.8. The first-order valence-corrected chi connectivity index (χ1v) is 5.60. The van der Waals surface area contributed by atoms with Crippen molar-refractivity contribution in [3.63, 3.8) is 0 Å². The molecular formula is C3H8O7P2. The summed E-state index contributed by atoms with van der Waals surface area (Å²) in [5.74, 6) is -0.186. The third-order valence-electron chi connectivity index (χ3n) is 0.481. The molecule has 1 atom stereocenters. The molecule has 0 saturated carbocycles. The van der Waals surface area contributed by atoms with Crippen LogP contribution < -0.4 is 0 Å². The zero-order valence-corrected chi connectivity index (χ0v) is 7.87. The minimum atomic E-state index is -5.02. The van der Waals surface area contributed by atoms with Crippen LogP contribution in [0.1, 0.15) is 6.92 Å². The highest BCUT2D eigenvalue weighted by Gasteiger charge is 2.33. The summed E-state index contributed by atoms with van der Waals surface area (Å²) >= 11 is 0. The van der Waals surface area contributed by atoms with E-state index in [4.69, 9.17) is 14.7 Å².